The number of carboxylic acids is 1. The molecule has 22 heavy (non-hydrogen) atoms. The van der Waals surface area contributed by atoms with Crippen LogP contribution in [0, 0.1) is 0 Å². The SMILES string of the molecule is COc1ccc(CC(C)(C)NC(=O)NCCCC(=O)O)cc1. The first kappa shape index (κ1) is 17.8. The molecule has 1 rings (SSSR count). The lowest BCUT2D eigenvalue weighted by Gasteiger charge is -2.26. The van der Waals surface area contributed by atoms with E-state index in [4.69, 9.17) is 9.84 Å². The van der Waals surface area contributed by atoms with Crippen LogP contribution in [0.25, 0.3) is 0 Å². The van der Waals surface area contributed by atoms with E-state index in [1.807, 2.05) is 38.1 Å². The average Bonchev–Trinajstić information content (AvgIpc) is 2.43. The smallest absolute Gasteiger partial charge is 0.315 e. The lowest BCUT2D eigenvalue weighted by atomic mass is 9.95. The highest BCUT2D eigenvalue weighted by Gasteiger charge is 2.20. The lowest BCUT2D eigenvalue weighted by Crippen LogP contribution is -2.49. The van der Waals surface area contributed by atoms with Gasteiger partial charge >= 0.3 is 12.0 Å². The van der Waals surface area contributed by atoms with Gasteiger partial charge in [-0.3, -0.25) is 4.79 Å². The molecule has 0 radical (unpaired) electrons. The Morgan fingerprint density at radius 2 is 1.86 bits per heavy atom. The van der Waals surface area contributed by atoms with Gasteiger partial charge in [-0.1, -0.05) is 12.1 Å². The summed E-state index contributed by atoms with van der Waals surface area (Å²) in [6, 6.07) is 7.42. The number of rotatable bonds is 8. The van der Waals surface area contributed by atoms with Crippen molar-refractivity contribution < 1.29 is 19.4 Å². The number of methoxy groups -OCH3 is 1. The standard InChI is InChI=1S/C16H24N2O4/c1-16(2,11-12-6-8-13(22-3)9-7-12)18-15(21)17-10-4-5-14(19)20/h6-9H,4-5,10-11H2,1-3H3,(H,19,20)(H2,17,18,21). The fourth-order valence-electron chi connectivity index (χ4n) is 2.09. The van der Waals surface area contributed by atoms with Crippen LogP contribution in [0.15, 0.2) is 24.3 Å². The molecule has 0 saturated heterocycles. The molecule has 6 heteroatoms. The highest BCUT2D eigenvalue weighted by molar-refractivity contribution is 5.74. The lowest BCUT2D eigenvalue weighted by molar-refractivity contribution is -0.137. The molecule has 0 aliphatic carbocycles. The van der Waals surface area contributed by atoms with Crippen molar-refractivity contribution in [2.24, 2.45) is 0 Å². The first-order valence-electron chi connectivity index (χ1n) is 7.23. The quantitative estimate of drug-likeness (QED) is 0.642. The van der Waals surface area contributed by atoms with Crippen molar-refractivity contribution in [3.05, 3.63) is 29.8 Å². The largest absolute Gasteiger partial charge is 0.497 e. The second kappa shape index (κ2) is 8.26. The molecule has 0 aliphatic heterocycles. The molecule has 122 valence electrons. The van der Waals surface area contributed by atoms with E-state index >= 15 is 0 Å². The van der Waals surface area contributed by atoms with Crippen molar-refractivity contribution in [1.29, 1.82) is 0 Å². The van der Waals surface area contributed by atoms with Crippen LogP contribution in [0.1, 0.15) is 32.3 Å². The van der Waals surface area contributed by atoms with Gasteiger partial charge in [0.2, 0.25) is 0 Å². The number of urea groups is 1. The summed E-state index contributed by atoms with van der Waals surface area (Å²) in [5.41, 5.74) is 0.683. The molecule has 0 fully saturated rings. The van der Waals surface area contributed by atoms with E-state index < -0.39 is 11.5 Å². The number of nitrogens with one attached hydrogen (secondary N) is 2. The zero-order chi connectivity index (χ0) is 16.6. The predicted molar refractivity (Wildman–Crippen MR) is 84.2 cm³/mol. The molecule has 0 unspecified atom stereocenters. The van der Waals surface area contributed by atoms with E-state index in [-0.39, 0.29) is 12.5 Å². The molecule has 3 N–H and O–H groups in total. The summed E-state index contributed by atoms with van der Waals surface area (Å²) in [5.74, 6) is -0.0623. The molecular formula is C16H24N2O4. The Bertz CT molecular complexity index is 497. The number of aliphatic carboxylic acids is 1. The van der Waals surface area contributed by atoms with Gasteiger partial charge in [-0.25, -0.2) is 4.79 Å². The molecule has 0 aliphatic rings. The zero-order valence-corrected chi connectivity index (χ0v) is 13.3. The molecule has 0 spiro atoms. The van der Waals surface area contributed by atoms with Crippen LogP contribution < -0.4 is 15.4 Å². The van der Waals surface area contributed by atoms with Crippen LogP contribution in [0.2, 0.25) is 0 Å². The first-order valence-corrected chi connectivity index (χ1v) is 7.23. The number of hydrogen-bond donors (Lipinski definition) is 3. The summed E-state index contributed by atoms with van der Waals surface area (Å²) in [6.45, 7) is 4.22. The third-order valence-electron chi connectivity index (χ3n) is 3.11. The van der Waals surface area contributed by atoms with Crippen LogP contribution >= 0.6 is 0 Å². The number of amides is 2. The number of hydrogen-bond acceptors (Lipinski definition) is 3. The Balaban J connectivity index is 2.41. The van der Waals surface area contributed by atoms with Crippen molar-refractivity contribution in [2.75, 3.05) is 13.7 Å². The fraction of sp³-hybridized carbons (Fsp3) is 0.500. The highest BCUT2D eigenvalue weighted by Crippen LogP contribution is 2.16. The Kier molecular flexibility index (Phi) is 6.69. The van der Waals surface area contributed by atoms with Gasteiger partial charge in [0, 0.05) is 18.5 Å². The molecular weight excluding hydrogens is 284 g/mol. The summed E-state index contributed by atoms with van der Waals surface area (Å²) in [5, 5.41) is 14.1. The van der Waals surface area contributed by atoms with Gasteiger partial charge < -0.3 is 20.5 Å². The summed E-state index contributed by atoms with van der Waals surface area (Å²) in [4.78, 5) is 22.2. The molecule has 0 bridgehead atoms. The number of ether oxygens (including phenoxy) is 1. The molecule has 0 heterocycles. The van der Waals surface area contributed by atoms with E-state index in [9.17, 15) is 9.59 Å². The van der Waals surface area contributed by atoms with E-state index in [2.05, 4.69) is 10.6 Å². The number of carbonyl (C=O) groups is 2. The van der Waals surface area contributed by atoms with Crippen molar-refractivity contribution in [1.82, 2.24) is 10.6 Å². The molecule has 0 saturated carbocycles. The van der Waals surface area contributed by atoms with E-state index in [0.29, 0.717) is 19.4 Å². The van der Waals surface area contributed by atoms with Crippen LogP contribution in [0.3, 0.4) is 0 Å². The van der Waals surface area contributed by atoms with Crippen LogP contribution in [-0.4, -0.2) is 36.3 Å². The van der Waals surface area contributed by atoms with Gasteiger partial charge in [-0.2, -0.15) is 0 Å². The molecule has 1 aromatic carbocycles. The second-order valence-corrected chi connectivity index (χ2v) is 5.79. The van der Waals surface area contributed by atoms with Gasteiger partial charge in [0.1, 0.15) is 5.75 Å². The second-order valence-electron chi connectivity index (χ2n) is 5.79. The summed E-state index contributed by atoms with van der Waals surface area (Å²) >= 11 is 0. The van der Waals surface area contributed by atoms with Gasteiger partial charge in [0.15, 0.2) is 0 Å². The minimum Gasteiger partial charge on any atom is -0.497 e. The van der Waals surface area contributed by atoms with Crippen LogP contribution in [0.5, 0.6) is 5.75 Å². The van der Waals surface area contributed by atoms with Crippen LogP contribution in [0.4, 0.5) is 4.79 Å². The third-order valence-corrected chi connectivity index (χ3v) is 3.11. The summed E-state index contributed by atoms with van der Waals surface area (Å²) in [6.07, 6.45) is 1.15. The van der Waals surface area contributed by atoms with Crippen molar-refractivity contribution in [3.8, 4) is 5.75 Å². The maximum atomic E-state index is 11.8. The Labute approximate surface area is 130 Å². The molecule has 2 amide bonds. The number of carbonyl (C=O) groups excluding carboxylic acids is 1. The summed E-state index contributed by atoms with van der Waals surface area (Å²) < 4.78 is 5.11. The van der Waals surface area contributed by atoms with E-state index in [0.717, 1.165) is 11.3 Å². The normalized spacial score (nSPS) is 10.9. The van der Waals surface area contributed by atoms with Gasteiger partial charge in [0.25, 0.3) is 0 Å². The maximum absolute atomic E-state index is 11.8. The Morgan fingerprint density at radius 3 is 2.41 bits per heavy atom. The van der Waals surface area contributed by atoms with Crippen LogP contribution in [-0.2, 0) is 11.2 Å². The Hall–Kier alpha value is -2.24. The van der Waals surface area contributed by atoms with E-state index in [1.165, 1.54) is 0 Å². The third kappa shape index (κ3) is 6.97. The van der Waals surface area contributed by atoms with Crippen molar-refractivity contribution >= 4 is 12.0 Å². The predicted octanol–water partition coefficient (Wildman–Crippen LogP) is 2.18. The highest BCUT2D eigenvalue weighted by atomic mass is 16.5. The summed E-state index contributed by atoms with van der Waals surface area (Å²) in [7, 11) is 1.62. The first-order chi connectivity index (χ1) is 10.3. The minimum absolute atomic E-state index is 0.0511. The van der Waals surface area contributed by atoms with Gasteiger partial charge in [-0.15, -0.1) is 0 Å². The monoisotopic (exact) mass is 308 g/mol. The zero-order valence-electron chi connectivity index (χ0n) is 13.3. The maximum Gasteiger partial charge on any atom is 0.315 e. The molecule has 0 atom stereocenters. The Morgan fingerprint density at radius 1 is 1.23 bits per heavy atom. The molecule has 1 aromatic rings. The molecule has 0 aromatic heterocycles. The van der Waals surface area contributed by atoms with E-state index in [1.54, 1.807) is 7.11 Å². The minimum atomic E-state index is -0.859. The van der Waals surface area contributed by atoms with Crippen molar-refractivity contribution in [3.63, 3.8) is 0 Å². The molecule has 6 nitrogen and oxygen atoms in total. The van der Waals surface area contributed by atoms with Crippen molar-refractivity contribution in [2.45, 2.75) is 38.6 Å². The number of benzene rings is 1. The average molecular weight is 308 g/mol. The van der Waals surface area contributed by atoms with Gasteiger partial charge in [0.05, 0.1) is 7.11 Å². The van der Waals surface area contributed by atoms with Gasteiger partial charge in [-0.05, 0) is 44.4 Å². The fourth-order valence-corrected chi connectivity index (χ4v) is 2.09. The topological polar surface area (TPSA) is 87.7 Å². The number of carboxylic acid groups (broad SMARTS) is 1.